The summed E-state index contributed by atoms with van der Waals surface area (Å²) in [5.74, 6) is 0.916. The smallest absolute Gasteiger partial charge is 0.332 e. The molecule has 5 unspecified atom stereocenters. The molecule has 4 N–H and O–H groups in total. The van der Waals surface area contributed by atoms with Gasteiger partial charge in [0, 0.05) is 19.0 Å². The summed E-state index contributed by atoms with van der Waals surface area (Å²) in [6, 6.07) is -0.132. The summed E-state index contributed by atoms with van der Waals surface area (Å²) in [6.45, 7) is 2.19. The molecule has 0 radical (unpaired) electrons. The Labute approximate surface area is 118 Å². The molecule has 114 valence electrons. The van der Waals surface area contributed by atoms with Crippen LogP contribution in [0.3, 0.4) is 0 Å². The van der Waals surface area contributed by atoms with Crippen molar-refractivity contribution < 1.29 is 19.8 Å². The lowest BCUT2D eigenvalue weighted by molar-refractivity contribution is -0.146. The second-order valence-corrected chi connectivity index (χ2v) is 6.17. The summed E-state index contributed by atoms with van der Waals surface area (Å²) >= 11 is 0. The maximum absolute atomic E-state index is 11.7. The molecule has 2 rings (SSSR count). The van der Waals surface area contributed by atoms with Crippen LogP contribution in [0, 0.1) is 17.8 Å². The Morgan fingerprint density at radius 3 is 2.60 bits per heavy atom. The topological polar surface area (TPSA) is 98.7 Å². The largest absolute Gasteiger partial charge is 0.479 e. The van der Waals surface area contributed by atoms with Crippen molar-refractivity contribution >= 4 is 12.0 Å². The van der Waals surface area contributed by atoms with Gasteiger partial charge in [0.15, 0.2) is 6.10 Å². The molecule has 0 aromatic heterocycles. The van der Waals surface area contributed by atoms with Crippen LogP contribution in [0.25, 0.3) is 0 Å². The van der Waals surface area contributed by atoms with Crippen molar-refractivity contribution in [3.8, 4) is 0 Å². The first kappa shape index (κ1) is 15.1. The van der Waals surface area contributed by atoms with Crippen LogP contribution in [-0.4, -0.2) is 40.9 Å². The van der Waals surface area contributed by atoms with E-state index in [1.807, 2.05) is 6.92 Å². The minimum atomic E-state index is -1.42. The number of carboxylic acids is 1. The number of hydrogen-bond acceptors (Lipinski definition) is 3. The van der Waals surface area contributed by atoms with E-state index in [-0.39, 0.29) is 25.0 Å². The summed E-state index contributed by atoms with van der Waals surface area (Å²) in [6.07, 6.45) is 3.75. The number of aliphatic hydroxyl groups is 1. The van der Waals surface area contributed by atoms with Gasteiger partial charge in [-0.3, -0.25) is 0 Å². The predicted octanol–water partition coefficient (Wildman–Crippen LogP) is 0.946. The summed E-state index contributed by atoms with van der Waals surface area (Å²) in [5, 5.41) is 23.1. The Balaban J connectivity index is 1.65. The van der Waals surface area contributed by atoms with E-state index in [0.717, 1.165) is 11.8 Å². The standard InChI is InChI=1S/C14H24N2O4/c1-8(11-7-9-2-3-10(11)6-9)16-14(20)15-5-4-12(17)13(18)19/h8-12,17H,2-7H2,1H3,(H,18,19)(H2,15,16,20). The third-order valence-electron chi connectivity index (χ3n) is 4.78. The van der Waals surface area contributed by atoms with Crippen LogP contribution < -0.4 is 10.6 Å². The monoisotopic (exact) mass is 284 g/mol. The highest BCUT2D eigenvalue weighted by atomic mass is 16.4. The average Bonchev–Trinajstić information content (AvgIpc) is 3.00. The molecule has 2 bridgehead atoms. The van der Waals surface area contributed by atoms with E-state index in [0.29, 0.717) is 5.92 Å². The molecule has 2 aliphatic rings. The van der Waals surface area contributed by atoms with Gasteiger partial charge in [-0.2, -0.15) is 0 Å². The van der Waals surface area contributed by atoms with Gasteiger partial charge >= 0.3 is 12.0 Å². The fourth-order valence-corrected chi connectivity index (χ4v) is 3.72. The van der Waals surface area contributed by atoms with E-state index in [1.165, 1.54) is 25.7 Å². The number of aliphatic hydroxyl groups excluding tert-OH is 1. The summed E-state index contributed by atoms with van der Waals surface area (Å²) in [4.78, 5) is 22.1. The van der Waals surface area contributed by atoms with Crippen LogP contribution in [0.5, 0.6) is 0 Å². The molecule has 0 heterocycles. The van der Waals surface area contributed by atoms with E-state index >= 15 is 0 Å². The number of carbonyl (C=O) groups is 2. The van der Waals surface area contributed by atoms with E-state index in [1.54, 1.807) is 0 Å². The average molecular weight is 284 g/mol. The third-order valence-corrected chi connectivity index (χ3v) is 4.78. The number of aliphatic carboxylic acids is 1. The highest BCUT2D eigenvalue weighted by Gasteiger charge is 2.42. The van der Waals surface area contributed by atoms with Gasteiger partial charge in [0.25, 0.3) is 0 Å². The van der Waals surface area contributed by atoms with Crippen LogP contribution in [0.1, 0.15) is 39.0 Å². The highest BCUT2D eigenvalue weighted by molar-refractivity contribution is 5.74. The van der Waals surface area contributed by atoms with Gasteiger partial charge in [-0.15, -0.1) is 0 Å². The molecule has 0 aromatic rings. The molecule has 2 amide bonds. The van der Waals surface area contributed by atoms with Gasteiger partial charge < -0.3 is 20.8 Å². The first-order valence-corrected chi connectivity index (χ1v) is 7.42. The van der Waals surface area contributed by atoms with Gasteiger partial charge in [0.2, 0.25) is 0 Å². The van der Waals surface area contributed by atoms with Crippen molar-refractivity contribution in [1.82, 2.24) is 10.6 Å². The second-order valence-electron chi connectivity index (χ2n) is 6.17. The zero-order chi connectivity index (χ0) is 14.7. The van der Waals surface area contributed by atoms with Gasteiger partial charge in [-0.05, 0) is 43.9 Å². The number of rotatable bonds is 6. The van der Waals surface area contributed by atoms with Gasteiger partial charge in [-0.1, -0.05) is 6.42 Å². The molecule has 5 atom stereocenters. The quantitative estimate of drug-likeness (QED) is 0.583. The van der Waals surface area contributed by atoms with Crippen molar-refractivity contribution in [2.24, 2.45) is 17.8 Å². The molecule has 0 aromatic carbocycles. The molecule has 2 aliphatic carbocycles. The normalized spacial score (nSPS) is 30.8. The molecule has 20 heavy (non-hydrogen) atoms. The van der Waals surface area contributed by atoms with E-state index in [4.69, 9.17) is 10.2 Å². The SMILES string of the molecule is CC(NC(=O)NCCC(O)C(=O)O)C1CC2CCC1C2. The predicted molar refractivity (Wildman–Crippen MR) is 73.2 cm³/mol. The number of urea groups is 1. The number of carbonyl (C=O) groups excluding carboxylic acids is 1. The second kappa shape index (κ2) is 6.43. The molecule has 0 spiro atoms. The van der Waals surface area contributed by atoms with Gasteiger partial charge in [0.1, 0.15) is 0 Å². The summed E-state index contributed by atoms with van der Waals surface area (Å²) in [7, 11) is 0. The van der Waals surface area contributed by atoms with Crippen LogP contribution in [-0.2, 0) is 4.79 Å². The first-order chi connectivity index (χ1) is 9.47. The molecule has 6 heteroatoms. The molecule has 6 nitrogen and oxygen atoms in total. The van der Waals surface area contributed by atoms with Crippen LogP contribution in [0.15, 0.2) is 0 Å². The van der Waals surface area contributed by atoms with Crippen molar-refractivity contribution in [1.29, 1.82) is 0 Å². The number of nitrogens with one attached hydrogen (secondary N) is 2. The Hall–Kier alpha value is -1.30. The number of fused-ring (bicyclic) bond motifs is 2. The fraction of sp³-hybridized carbons (Fsp3) is 0.857. The fourth-order valence-electron chi connectivity index (χ4n) is 3.72. The maximum atomic E-state index is 11.7. The van der Waals surface area contributed by atoms with Crippen molar-refractivity contribution in [3.63, 3.8) is 0 Å². The molecular formula is C14H24N2O4. The Morgan fingerprint density at radius 1 is 1.30 bits per heavy atom. The number of hydrogen-bond donors (Lipinski definition) is 4. The minimum absolute atomic E-state index is 0.0191. The molecule has 0 saturated heterocycles. The molecule has 2 fully saturated rings. The van der Waals surface area contributed by atoms with E-state index < -0.39 is 12.1 Å². The van der Waals surface area contributed by atoms with Crippen molar-refractivity contribution in [2.45, 2.75) is 51.2 Å². The Bertz CT molecular complexity index is 374. The van der Waals surface area contributed by atoms with Gasteiger partial charge in [0.05, 0.1) is 0 Å². The lowest BCUT2D eigenvalue weighted by Crippen LogP contribution is -2.46. The molecular weight excluding hydrogens is 260 g/mol. The number of amides is 2. The van der Waals surface area contributed by atoms with E-state index in [2.05, 4.69) is 10.6 Å². The molecule has 0 aliphatic heterocycles. The maximum Gasteiger partial charge on any atom is 0.332 e. The lowest BCUT2D eigenvalue weighted by atomic mass is 9.84. The lowest BCUT2D eigenvalue weighted by Gasteiger charge is -2.28. The summed E-state index contributed by atoms with van der Waals surface area (Å²) < 4.78 is 0. The van der Waals surface area contributed by atoms with Crippen LogP contribution >= 0.6 is 0 Å². The zero-order valence-corrected chi connectivity index (χ0v) is 11.8. The van der Waals surface area contributed by atoms with Crippen LogP contribution in [0.4, 0.5) is 4.79 Å². The number of carboxylic acid groups (broad SMARTS) is 1. The zero-order valence-electron chi connectivity index (χ0n) is 11.8. The van der Waals surface area contributed by atoms with Crippen LogP contribution in [0.2, 0.25) is 0 Å². The Kier molecular flexibility index (Phi) is 4.86. The van der Waals surface area contributed by atoms with Crippen molar-refractivity contribution in [2.75, 3.05) is 6.54 Å². The van der Waals surface area contributed by atoms with Gasteiger partial charge in [-0.25, -0.2) is 9.59 Å². The van der Waals surface area contributed by atoms with Crippen molar-refractivity contribution in [3.05, 3.63) is 0 Å². The molecule has 2 saturated carbocycles. The third kappa shape index (κ3) is 3.62. The minimum Gasteiger partial charge on any atom is -0.479 e. The summed E-state index contributed by atoms with van der Waals surface area (Å²) in [5.41, 5.74) is 0. The Morgan fingerprint density at radius 2 is 2.05 bits per heavy atom. The first-order valence-electron chi connectivity index (χ1n) is 7.42. The van der Waals surface area contributed by atoms with E-state index in [9.17, 15) is 9.59 Å². The highest BCUT2D eigenvalue weighted by Crippen LogP contribution is 2.49.